The van der Waals surface area contributed by atoms with Gasteiger partial charge in [-0.25, -0.2) is 5.01 Å². The normalized spacial score (nSPS) is 21.0. The zero-order valence-electron chi connectivity index (χ0n) is 11.7. The fourth-order valence-electron chi connectivity index (χ4n) is 3.39. The third-order valence-corrected chi connectivity index (χ3v) is 4.54. The van der Waals surface area contributed by atoms with E-state index in [1.807, 2.05) is 23.6 Å². The molecule has 1 fully saturated rings. The first kappa shape index (κ1) is 15.0. The molecule has 0 saturated carbocycles. The van der Waals surface area contributed by atoms with Crippen LogP contribution in [0.2, 0.25) is 0 Å². The Morgan fingerprint density at radius 2 is 1.82 bits per heavy atom. The van der Waals surface area contributed by atoms with Crippen molar-refractivity contribution < 1.29 is 22.8 Å². The van der Waals surface area contributed by atoms with Crippen molar-refractivity contribution in [2.75, 3.05) is 13.1 Å². The molecule has 7 heteroatoms. The highest BCUT2D eigenvalue weighted by molar-refractivity contribution is 6.02. The van der Waals surface area contributed by atoms with Gasteiger partial charge < -0.3 is 0 Å². The molecule has 22 heavy (non-hydrogen) atoms. The van der Waals surface area contributed by atoms with E-state index in [0.29, 0.717) is 32.4 Å². The van der Waals surface area contributed by atoms with Gasteiger partial charge in [0.15, 0.2) is 5.78 Å². The molecular weight excluding hydrogens is 297 g/mol. The van der Waals surface area contributed by atoms with E-state index in [9.17, 15) is 22.8 Å². The average molecular weight is 312 g/mol. The number of hydrazine groups is 1. The molecule has 1 spiro atoms. The summed E-state index contributed by atoms with van der Waals surface area (Å²) >= 11 is 0. The number of amides is 1. The average Bonchev–Trinajstić information content (AvgIpc) is 2.74. The molecule has 3 rings (SSSR count). The Morgan fingerprint density at radius 3 is 2.45 bits per heavy atom. The molecule has 1 aliphatic heterocycles. The van der Waals surface area contributed by atoms with Crippen LogP contribution in [0.25, 0.3) is 0 Å². The number of benzene rings is 1. The van der Waals surface area contributed by atoms with E-state index in [4.69, 9.17) is 0 Å². The standard InChI is InChI=1S/C15H15F3N2O2/c16-15(17,18)13(22)19-20-7-5-14(6-8-20)9-12(21)10-3-1-2-4-11(10)14/h1-4H,5-9H2,(H,19,22). The van der Waals surface area contributed by atoms with E-state index in [0.717, 1.165) is 11.1 Å². The highest BCUT2D eigenvalue weighted by Crippen LogP contribution is 2.45. The predicted octanol–water partition coefficient (Wildman–Crippen LogP) is 2.20. The molecule has 1 aromatic rings. The number of hydrogen-bond donors (Lipinski definition) is 1. The lowest BCUT2D eigenvalue weighted by Gasteiger charge is -2.39. The number of ketones is 1. The number of alkyl halides is 3. The van der Waals surface area contributed by atoms with Gasteiger partial charge in [0, 0.05) is 30.5 Å². The van der Waals surface area contributed by atoms with Crippen LogP contribution in [-0.2, 0) is 10.2 Å². The molecule has 0 bridgehead atoms. The minimum Gasteiger partial charge on any atom is -0.294 e. The lowest BCUT2D eigenvalue weighted by atomic mass is 9.74. The molecule has 1 heterocycles. The van der Waals surface area contributed by atoms with E-state index in [-0.39, 0.29) is 11.2 Å². The topological polar surface area (TPSA) is 49.4 Å². The summed E-state index contributed by atoms with van der Waals surface area (Å²) in [5, 5.41) is 1.28. The first-order valence-electron chi connectivity index (χ1n) is 7.07. The first-order chi connectivity index (χ1) is 10.3. The Morgan fingerprint density at radius 1 is 1.18 bits per heavy atom. The van der Waals surface area contributed by atoms with Crippen LogP contribution >= 0.6 is 0 Å². The molecule has 1 saturated heterocycles. The lowest BCUT2D eigenvalue weighted by Crippen LogP contribution is -2.53. The molecule has 0 aromatic heterocycles. The monoisotopic (exact) mass is 312 g/mol. The molecule has 4 nitrogen and oxygen atoms in total. The summed E-state index contributed by atoms with van der Waals surface area (Å²) < 4.78 is 36.8. The van der Waals surface area contributed by atoms with Crippen molar-refractivity contribution in [1.29, 1.82) is 0 Å². The van der Waals surface area contributed by atoms with Gasteiger partial charge in [-0.2, -0.15) is 13.2 Å². The van der Waals surface area contributed by atoms with Crippen molar-refractivity contribution >= 4 is 11.7 Å². The summed E-state index contributed by atoms with van der Waals surface area (Å²) in [6.45, 7) is 0.590. The van der Waals surface area contributed by atoms with Crippen LogP contribution in [-0.4, -0.2) is 36.0 Å². The summed E-state index contributed by atoms with van der Waals surface area (Å²) in [5.41, 5.74) is 3.29. The van der Waals surface area contributed by atoms with Crippen molar-refractivity contribution in [3.63, 3.8) is 0 Å². The number of piperidine rings is 1. The Hall–Kier alpha value is -1.89. The van der Waals surface area contributed by atoms with E-state index < -0.39 is 12.1 Å². The van der Waals surface area contributed by atoms with Crippen LogP contribution in [0, 0.1) is 0 Å². The van der Waals surface area contributed by atoms with Crippen molar-refractivity contribution in [3.8, 4) is 0 Å². The maximum absolute atomic E-state index is 12.3. The fraction of sp³-hybridized carbons (Fsp3) is 0.467. The lowest BCUT2D eigenvalue weighted by molar-refractivity contribution is -0.179. The van der Waals surface area contributed by atoms with E-state index >= 15 is 0 Å². The molecular formula is C15H15F3N2O2. The highest BCUT2D eigenvalue weighted by Gasteiger charge is 2.46. The Balaban J connectivity index is 1.70. The molecule has 0 radical (unpaired) electrons. The minimum atomic E-state index is -4.88. The molecule has 1 aromatic carbocycles. The first-order valence-corrected chi connectivity index (χ1v) is 7.07. The predicted molar refractivity (Wildman–Crippen MR) is 72.1 cm³/mol. The summed E-state index contributed by atoms with van der Waals surface area (Å²) in [7, 11) is 0. The van der Waals surface area contributed by atoms with Gasteiger partial charge in [-0.05, 0) is 18.4 Å². The second-order valence-electron chi connectivity index (χ2n) is 5.85. The Bertz CT molecular complexity index is 619. The zero-order chi connectivity index (χ0) is 16.0. The van der Waals surface area contributed by atoms with Crippen LogP contribution in [0.4, 0.5) is 13.2 Å². The largest absolute Gasteiger partial charge is 0.472 e. The van der Waals surface area contributed by atoms with Gasteiger partial charge in [0.2, 0.25) is 0 Å². The van der Waals surface area contributed by atoms with Crippen LogP contribution < -0.4 is 5.43 Å². The van der Waals surface area contributed by atoms with Gasteiger partial charge in [0.25, 0.3) is 0 Å². The maximum atomic E-state index is 12.3. The third-order valence-electron chi connectivity index (χ3n) is 4.54. The van der Waals surface area contributed by atoms with Crippen molar-refractivity contribution in [2.45, 2.75) is 30.9 Å². The molecule has 118 valence electrons. The number of nitrogens with zero attached hydrogens (tertiary/aromatic N) is 1. The quantitative estimate of drug-likeness (QED) is 0.865. The van der Waals surface area contributed by atoms with Crippen molar-refractivity contribution in [3.05, 3.63) is 35.4 Å². The van der Waals surface area contributed by atoms with Gasteiger partial charge >= 0.3 is 12.1 Å². The van der Waals surface area contributed by atoms with E-state index in [1.165, 1.54) is 5.01 Å². The van der Waals surface area contributed by atoms with Crippen molar-refractivity contribution in [1.82, 2.24) is 10.4 Å². The van der Waals surface area contributed by atoms with Gasteiger partial charge in [-0.15, -0.1) is 0 Å². The van der Waals surface area contributed by atoms with Gasteiger partial charge in [0.05, 0.1) is 0 Å². The molecule has 1 N–H and O–H groups in total. The third kappa shape index (κ3) is 2.49. The second kappa shape index (κ2) is 5.08. The van der Waals surface area contributed by atoms with Crippen LogP contribution in [0.5, 0.6) is 0 Å². The van der Waals surface area contributed by atoms with E-state index in [2.05, 4.69) is 0 Å². The number of hydrogen-bond acceptors (Lipinski definition) is 3. The summed E-state index contributed by atoms with van der Waals surface area (Å²) in [6, 6.07) is 7.40. The second-order valence-corrected chi connectivity index (χ2v) is 5.85. The van der Waals surface area contributed by atoms with Gasteiger partial charge in [-0.3, -0.25) is 15.0 Å². The van der Waals surface area contributed by atoms with Crippen LogP contribution in [0.1, 0.15) is 35.2 Å². The maximum Gasteiger partial charge on any atom is 0.472 e. The molecule has 2 aliphatic rings. The highest BCUT2D eigenvalue weighted by atomic mass is 19.4. The Kier molecular flexibility index (Phi) is 3.47. The molecule has 1 amide bonds. The SMILES string of the molecule is O=C1CC2(CCN(NC(=O)C(F)(F)F)CC2)c2ccccc21. The number of nitrogens with one attached hydrogen (secondary N) is 1. The number of Topliss-reactive ketones (excluding diaryl/α,β-unsaturated/α-hetero) is 1. The number of carbonyl (C=O) groups is 2. The molecule has 0 unspecified atom stereocenters. The Labute approximate surface area is 125 Å². The number of halogens is 3. The van der Waals surface area contributed by atoms with Crippen LogP contribution in [0.15, 0.2) is 24.3 Å². The summed E-state index contributed by atoms with van der Waals surface area (Å²) in [4.78, 5) is 23.1. The van der Waals surface area contributed by atoms with Gasteiger partial charge in [0.1, 0.15) is 0 Å². The van der Waals surface area contributed by atoms with Crippen LogP contribution in [0.3, 0.4) is 0 Å². The smallest absolute Gasteiger partial charge is 0.294 e. The molecule has 1 aliphatic carbocycles. The van der Waals surface area contributed by atoms with Crippen molar-refractivity contribution in [2.24, 2.45) is 0 Å². The fourth-order valence-corrected chi connectivity index (χ4v) is 3.39. The summed E-state index contributed by atoms with van der Waals surface area (Å²) in [6.07, 6.45) is -3.39. The number of carbonyl (C=O) groups excluding carboxylic acids is 2. The van der Waals surface area contributed by atoms with E-state index in [1.54, 1.807) is 6.07 Å². The zero-order valence-corrected chi connectivity index (χ0v) is 11.7. The van der Waals surface area contributed by atoms with Gasteiger partial charge in [-0.1, -0.05) is 24.3 Å². The minimum absolute atomic E-state index is 0.0865. The summed E-state index contributed by atoms with van der Waals surface area (Å²) in [5.74, 6) is -1.87. The number of fused-ring (bicyclic) bond motifs is 2. The molecule has 0 atom stereocenters. The number of rotatable bonds is 1.